The molecule has 1 N–H and O–H groups in total. The van der Waals surface area contributed by atoms with Gasteiger partial charge in [-0.1, -0.05) is 12.1 Å². The lowest BCUT2D eigenvalue weighted by molar-refractivity contribution is -0.137. The summed E-state index contributed by atoms with van der Waals surface area (Å²) in [7, 11) is 0. The highest BCUT2D eigenvalue weighted by Crippen LogP contribution is 2.29. The summed E-state index contributed by atoms with van der Waals surface area (Å²) in [5, 5.41) is 9.34. The molecule has 0 unspecified atom stereocenters. The molecular weight excluding hydrogens is 357 g/mol. The van der Waals surface area contributed by atoms with Crippen LogP contribution in [0.4, 0.5) is 18.9 Å². The zero-order valence-electron chi connectivity index (χ0n) is 14.5. The van der Waals surface area contributed by atoms with Crippen LogP contribution in [-0.4, -0.2) is 42.1 Å². The maximum Gasteiger partial charge on any atom is 0.416 e. The summed E-state index contributed by atoms with van der Waals surface area (Å²) in [6, 6.07) is 11.7. The fourth-order valence-corrected chi connectivity index (χ4v) is 2.94. The molecule has 4 nitrogen and oxygen atoms in total. The summed E-state index contributed by atoms with van der Waals surface area (Å²) < 4.78 is 38.2. The summed E-state index contributed by atoms with van der Waals surface area (Å²) in [4.78, 5) is 16.1. The minimum absolute atomic E-state index is 0.201. The number of carbonyl (C=O) groups excluding carboxylic acids is 1. The quantitative estimate of drug-likeness (QED) is 0.830. The van der Waals surface area contributed by atoms with Crippen LogP contribution in [-0.2, 0) is 11.0 Å². The Bertz CT molecular complexity index is 824. The normalized spacial score (nSPS) is 15.4. The van der Waals surface area contributed by atoms with Gasteiger partial charge in [-0.15, -0.1) is 0 Å². The number of halogens is 3. The van der Waals surface area contributed by atoms with Crippen LogP contribution in [0.1, 0.15) is 11.1 Å². The number of carbonyl (C=O) groups is 1. The van der Waals surface area contributed by atoms with Crippen molar-refractivity contribution < 1.29 is 23.1 Å². The maximum absolute atomic E-state index is 12.7. The highest BCUT2D eigenvalue weighted by molar-refractivity contribution is 5.92. The predicted octanol–water partition coefficient (Wildman–Crippen LogP) is 3.77. The standard InChI is InChI=1S/C20H19F3N2O2/c21-20(22,23)16-3-1-2-15(14-16)4-9-19(27)25-12-10-24(11-13-25)17-5-7-18(26)8-6-17/h1-9,14,26H,10-13H2/b9-4+. The number of anilines is 1. The Kier molecular flexibility index (Phi) is 5.39. The molecule has 3 rings (SSSR count). The molecule has 0 spiro atoms. The van der Waals surface area contributed by atoms with Gasteiger partial charge in [0.1, 0.15) is 5.75 Å². The van der Waals surface area contributed by atoms with Crippen molar-refractivity contribution >= 4 is 17.7 Å². The molecule has 0 saturated carbocycles. The van der Waals surface area contributed by atoms with E-state index < -0.39 is 11.7 Å². The van der Waals surface area contributed by atoms with Crippen LogP contribution in [0.25, 0.3) is 6.08 Å². The lowest BCUT2D eigenvalue weighted by Gasteiger charge is -2.35. The second-order valence-electron chi connectivity index (χ2n) is 6.29. The minimum atomic E-state index is -4.40. The number of benzene rings is 2. The van der Waals surface area contributed by atoms with Gasteiger partial charge in [-0.3, -0.25) is 4.79 Å². The highest BCUT2D eigenvalue weighted by Gasteiger charge is 2.30. The Hall–Kier alpha value is -2.96. The van der Waals surface area contributed by atoms with Crippen molar-refractivity contribution in [3.8, 4) is 5.75 Å². The average Bonchev–Trinajstić information content (AvgIpc) is 2.66. The molecule has 1 aliphatic heterocycles. The number of piperazine rings is 1. The molecule has 0 bridgehead atoms. The first-order valence-corrected chi connectivity index (χ1v) is 8.51. The lowest BCUT2D eigenvalue weighted by atomic mass is 10.1. The molecule has 1 saturated heterocycles. The van der Waals surface area contributed by atoms with Gasteiger partial charge in [-0.25, -0.2) is 0 Å². The number of aromatic hydroxyl groups is 1. The van der Waals surface area contributed by atoms with E-state index >= 15 is 0 Å². The van der Waals surface area contributed by atoms with Crippen molar-refractivity contribution in [2.75, 3.05) is 31.1 Å². The van der Waals surface area contributed by atoms with Gasteiger partial charge in [0.15, 0.2) is 0 Å². The number of amides is 1. The van der Waals surface area contributed by atoms with E-state index in [0.717, 1.165) is 17.8 Å². The average molecular weight is 376 g/mol. The molecule has 1 amide bonds. The first-order valence-electron chi connectivity index (χ1n) is 8.51. The van der Waals surface area contributed by atoms with Crippen molar-refractivity contribution in [1.29, 1.82) is 0 Å². The third-order valence-corrected chi connectivity index (χ3v) is 4.44. The second kappa shape index (κ2) is 7.73. The molecule has 0 aliphatic carbocycles. The van der Waals surface area contributed by atoms with Crippen molar-refractivity contribution in [2.45, 2.75) is 6.18 Å². The Morgan fingerprint density at radius 1 is 1.00 bits per heavy atom. The van der Waals surface area contributed by atoms with Gasteiger partial charge in [-0.05, 0) is 48.0 Å². The number of hydrogen-bond acceptors (Lipinski definition) is 3. The Morgan fingerprint density at radius 3 is 2.30 bits per heavy atom. The zero-order valence-corrected chi connectivity index (χ0v) is 14.5. The molecule has 0 atom stereocenters. The molecule has 142 valence electrons. The topological polar surface area (TPSA) is 43.8 Å². The highest BCUT2D eigenvalue weighted by atomic mass is 19.4. The molecule has 1 aliphatic rings. The van der Waals surface area contributed by atoms with E-state index in [2.05, 4.69) is 4.90 Å². The van der Waals surface area contributed by atoms with E-state index in [1.165, 1.54) is 24.3 Å². The first kappa shape index (κ1) is 18.8. The SMILES string of the molecule is O=C(/C=C/c1cccc(C(F)(F)F)c1)N1CCN(c2ccc(O)cc2)CC1. The number of nitrogens with zero attached hydrogens (tertiary/aromatic N) is 2. The smallest absolute Gasteiger partial charge is 0.416 e. The van der Waals surface area contributed by atoms with Gasteiger partial charge >= 0.3 is 6.18 Å². The van der Waals surface area contributed by atoms with Crippen LogP contribution < -0.4 is 4.90 Å². The summed E-state index contributed by atoms with van der Waals surface area (Å²) in [5.41, 5.74) is 0.569. The maximum atomic E-state index is 12.7. The van der Waals surface area contributed by atoms with Gasteiger partial charge in [0, 0.05) is 37.9 Å². The van der Waals surface area contributed by atoms with Crippen LogP contribution in [0, 0.1) is 0 Å². The molecule has 7 heteroatoms. The number of phenolic OH excluding ortho intramolecular Hbond substituents is 1. The number of hydrogen-bond donors (Lipinski definition) is 1. The van der Waals surface area contributed by atoms with E-state index in [1.54, 1.807) is 17.0 Å². The molecule has 0 aromatic heterocycles. The molecular formula is C20H19F3N2O2. The van der Waals surface area contributed by atoms with Gasteiger partial charge in [0.05, 0.1) is 5.56 Å². The number of phenols is 1. The van der Waals surface area contributed by atoms with Crippen LogP contribution in [0.3, 0.4) is 0 Å². The molecule has 1 fully saturated rings. The zero-order chi connectivity index (χ0) is 19.4. The predicted molar refractivity (Wildman–Crippen MR) is 97.4 cm³/mol. The van der Waals surface area contributed by atoms with Crippen molar-refractivity contribution in [3.63, 3.8) is 0 Å². The van der Waals surface area contributed by atoms with E-state index in [0.29, 0.717) is 31.7 Å². The fourth-order valence-electron chi connectivity index (χ4n) is 2.94. The van der Waals surface area contributed by atoms with Crippen LogP contribution in [0.5, 0.6) is 5.75 Å². The summed E-state index contributed by atoms with van der Waals surface area (Å²) in [5.74, 6) is -0.0231. The summed E-state index contributed by atoms with van der Waals surface area (Å²) in [6.07, 6.45) is -1.69. The van der Waals surface area contributed by atoms with Crippen LogP contribution >= 0.6 is 0 Å². The third-order valence-electron chi connectivity index (χ3n) is 4.44. The first-order chi connectivity index (χ1) is 12.8. The van der Waals surface area contributed by atoms with E-state index in [1.807, 2.05) is 12.1 Å². The molecule has 2 aromatic rings. The summed E-state index contributed by atoms with van der Waals surface area (Å²) >= 11 is 0. The lowest BCUT2D eigenvalue weighted by Crippen LogP contribution is -2.48. The van der Waals surface area contributed by atoms with Gasteiger partial charge in [-0.2, -0.15) is 13.2 Å². The fraction of sp³-hybridized carbons (Fsp3) is 0.250. The van der Waals surface area contributed by atoms with E-state index in [4.69, 9.17) is 0 Å². The second-order valence-corrected chi connectivity index (χ2v) is 6.29. The molecule has 0 radical (unpaired) electrons. The molecule has 2 aromatic carbocycles. The van der Waals surface area contributed by atoms with Crippen molar-refractivity contribution in [3.05, 3.63) is 65.7 Å². The van der Waals surface area contributed by atoms with Gasteiger partial charge in [0.25, 0.3) is 0 Å². The Labute approximate surface area is 155 Å². The van der Waals surface area contributed by atoms with Crippen LogP contribution in [0.15, 0.2) is 54.6 Å². The number of rotatable bonds is 3. The summed E-state index contributed by atoms with van der Waals surface area (Å²) in [6.45, 7) is 2.33. The van der Waals surface area contributed by atoms with Gasteiger partial charge in [0.2, 0.25) is 5.91 Å². The van der Waals surface area contributed by atoms with Crippen molar-refractivity contribution in [2.24, 2.45) is 0 Å². The van der Waals surface area contributed by atoms with E-state index in [-0.39, 0.29) is 11.7 Å². The van der Waals surface area contributed by atoms with Crippen LogP contribution in [0.2, 0.25) is 0 Å². The van der Waals surface area contributed by atoms with Gasteiger partial charge < -0.3 is 14.9 Å². The molecule has 27 heavy (non-hydrogen) atoms. The van der Waals surface area contributed by atoms with Crippen molar-refractivity contribution in [1.82, 2.24) is 4.90 Å². The Morgan fingerprint density at radius 2 is 1.67 bits per heavy atom. The number of alkyl halides is 3. The van der Waals surface area contributed by atoms with E-state index in [9.17, 15) is 23.1 Å². The Balaban J connectivity index is 1.58. The third kappa shape index (κ3) is 4.81. The monoisotopic (exact) mass is 376 g/mol. The largest absolute Gasteiger partial charge is 0.508 e. The minimum Gasteiger partial charge on any atom is -0.508 e. The molecule has 1 heterocycles.